The quantitative estimate of drug-likeness (QED) is 0.421. The number of carbonyl (C=O) groups excluding carboxylic acids is 3. The fourth-order valence-corrected chi connectivity index (χ4v) is 2.86. The van der Waals surface area contributed by atoms with Gasteiger partial charge in [-0.25, -0.2) is 14.4 Å². The van der Waals surface area contributed by atoms with Gasteiger partial charge in [-0.1, -0.05) is 74.5 Å². The summed E-state index contributed by atoms with van der Waals surface area (Å²) >= 11 is 0. The zero-order valence-electron chi connectivity index (χ0n) is 18.0. The summed E-state index contributed by atoms with van der Waals surface area (Å²) in [5.41, 5.74) is 1.75. The van der Waals surface area contributed by atoms with Crippen LogP contribution in [0.15, 0.2) is 60.7 Å². The van der Waals surface area contributed by atoms with Crippen molar-refractivity contribution in [1.29, 1.82) is 0 Å². The molecule has 0 aliphatic carbocycles. The van der Waals surface area contributed by atoms with Gasteiger partial charge in [-0.3, -0.25) is 0 Å². The second-order valence-corrected chi connectivity index (χ2v) is 7.31. The summed E-state index contributed by atoms with van der Waals surface area (Å²) in [6.07, 6.45) is -1.09. The van der Waals surface area contributed by atoms with Crippen LogP contribution in [0.3, 0.4) is 0 Å². The highest BCUT2D eigenvalue weighted by molar-refractivity contribution is 5.84. The Hall–Kier alpha value is -3.55. The number of urea groups is 1. The van der Waals surface area contributed by atoms with Gasteiger partial charge >= 0.3 is 18.1 Å². The van der Waals surface area contributed by atoms with Crippen LogP contribution in [0.5, 0.6) is 0 Å². The van der Waals surface area contributed by atoms with E-state index < -0.39 is 30.3 Å². The summed E-state index contributed by atoms with van der Waals surface area (Å²) in [6, 6.07) is 17.2. The second kappa shape index (κ2) is 12.2. The van der Waals surface area contributed by atoms with Crippen molar-refractivity contribution < 1.29 is 23.9 Å². The lowest BCUT2D eigenvalue weighted by molar-refractivity contribution is -0.144. The van der Waals surface area contributed by atoms with Crippen LogP contribution in [-0.2, 0) is 27.3 Å². The molecule has 166 valence electrons. The molecule has 0 heterocycles. The molecule has 0 saturated carbocycles. The van der Waals surface area contributed by atoms with E-state index in [2.05, 4.69) is 16.0 Å². The molecule has 3 amide bonds. The molecule has 0 unspecified atom stereocenters. The molecule has 8 heteroatoms. The third-order valence-electron chi connectivity index (χ3n) is 4.50. The molecule has 0 aliphatic heterocycles. The van der Waals surface area contributed by atoms with Crippen molar-refractivity contribution in [3.05, 3.63) is 71.8 Å². The first-order valence-electron chi connectivity index (χ1n) is 10.0. The van der Waals surface area contributed by atoms with Crippen molar-refractivity contribution >= 4 is 18.1 Å². The number of carbonyl (C=O) groups is 3. The maximum Gasteiger partial charge on any atom is 0.409 e. The monoisotopic (exact) mass is 427 g/mol. The van der Waals surface area contributed by atoms with Crippen LogP contribution in [-0.4, -0.2) is 37.4 Å². The smallest absolute Gasteiger partial charge is 0.409 e. The maximum absolute atomic E-state index is 12.5. The summed E-state index contributed by atoms with van der Waals surface area (Å²) in [6.45, 7) is 3.69. The summed E-state index contributed by atoms with van der Waals surface area (Å²) in [4.78, 5) is 36.7. The highest BCUT2D eigenvalue weighted by Crippen LogP contribution is 2.06. The highest BCUT2D eigenvalue weighted by Gasteiger charge is 2.26. The molecule has 0 aliphatic rings. The lowest BCUT2D eigenvalue weighted by Crippen LogP contribution is -2.56. The van der Waals surface area contributed by atoms with E-state index in [1.807, 2.05) is 60.7 Å². The van der Waals surface area contributed by atoms with E-state index in [4.69, 9.17) is 9.47 Å². The number of ether oxygens (including phenoxy) is 2. The first kappa shape index (κ1) is 23.7. The lowest BCUT2D eigenvalue weighted by Gasteiger charge is -2.24. The summed E-state index contributed by atoms with van der Waals surface area (Å²) in [7, 11) is 1.26. The van der Waals surface area contributed by atoms with Gasteiger partial charge in [-0.2, -0.15) is 0 Å². The molecule has 0 fully saturated rings. The average Bonchev–Trinajstić information content (AvgIpc) is 2.76. The van der Waals surface area contributed by atoms with E-state index in [0.717, 1.165) is 11.1 Å². The van der Waals surface area contributed by atoms with Gasteiger partial charge in [0.2, 0.25) is 0 Å². The van der Waals surface area contributed by atoms with E-state index in [0.29, 0.717) is 6.42 Å². The van der Waals surface area contributed by atoms with Gasteiger partial charge in [0.1, 0.15) is 18.8 Å². The number of methoxy groups -OCH3 is 1. The SMILES string of the molecule is COC(=O)[C@@H](NC(=O)N[C@H](Cc1ccccc1)NC(=O)OCc1ccccc1)C(C)C. The Morgan fingerprint density at radius 3 is 1.97 bits per heavy atom. The van der Waals surface area contributed by atoms with E-state index in [1.54, 1.807) is 13.8 Å². The van der Waals surface area contributed by atoms with E-state index >= 15 is 0 Å². The first-order chi connectivity index (χ1) is 14.9. The molecular formula is C23H29N3O5. The van der Waals surface area contributed by atoms with Gasteiger partial charge in [-0.15, -0.1) is 0 Å². The summed E-state index contributed by atoms with van der Waals surface area (Å²) in [5.74, 6) is -0.713. The molecule has 0 spiro atoms. The molecule has 0 bridgehead atoms. The Kier molecular flexibility index (Phi) is 9.35. The van der Waals surface area contributed by atoms with E-state index in [9.17, 15) is 14.4 Å². The molecule has 2 atom stereocenters. The third-order valence-corrected chi connectivity index (χ3v) is 4.50. The number of alkyl carbamates (subject to hydrolysis) is 1. The van der Waals surface area contributed by atoms with Gasteiger partial charge in [0.05, 0.1) is 7.11 Å². The lowest BCUT2D eigenvalue weighted by atomic mass is 10.1. The molecule has 31 heavy (non-hydrogen) atoms. The third kappa shape index (κ3) is 8.38. The predicted molar refractivity (Wildman–Crippen MR) is 116 cm³/mol. The maximum atomic E-state index is 12.5. The van der Waals surface area contributed by atoms with Crippen molar-refractivity contribution in [2.75, 3.05) is 7.11 Å². The summed E-state index contributed by atoms with van der Waals surface area (Å²) in [5, 5.41) is 7.95. The zero-order valence-corrected chi connectivity index (χ0v) is 18.0. The van der Waals surface area contributed by atoms with Crippen molar-refractivity contribution in [2.24, 2.45) is 5.92 Å². The van der Waals surface area contributed by atoms with Crippen molar-refractivity contribution in [2.45, 2.75) is 39.1 Å². The minimum atomic E-state index is -0.813. The largest absolute Gasteiger partial charge is 0.467 e. The Labute approximate surface area is 182 Å². The van der Waals surface area contributed by atoms with Crippen LogP contribution >= 0.6 is 0 Å². The van der Waals surface area contributed by atoms with Crippen molar-refractivity contribution in [1.82, 2.24) is 16.0 Å². The normalized spacial score (nSPS) is 12.4. The minimum Gasteiger partial charge on any atom is -0.467 e. The fraction of sp³-hybridized carbons (Fsp3) is 0.348. The van der Waals surface area contributed by atoms with Crippen LogP contribution in [0.4, 0.5) is 9.59 Å². The van der Waals surface area contributed by atoms with Gasteiger partial charge < -0.3 is 25.4 Å². The topological polar surface area (TPSA) is 106 Å². The molecule has 2 rings (SSSR count). The molecule has 0 radical (unpaired) electrons. The van der Waals surface area contributed by atoms with Crippen molar-refractivity contribution in [3.63, 3.8) is 0 Å². The molecule has 0 saturated heterocycles. The number of hydrogen-bond donors (Lipinski definition) is 3. The van der Waals surface area contributed by atoms with Crippen LogP contribution in [0.25, 0.3) is 0 Å². The van der Waals surface area contributed by atoms with E-state index in [1.165, 1.54) is 7.11 Å². The molecular weight excluding hydrogens is 398 g/mol. The predicted octanol–water partition coefficient (Wildman–Crippen LogP) is 2.98. The van der Waals surface area contributed by atoms with Crippen LogP contribution in [0.2, 0.25) is 0 Å². The van der Waals surface area contributed by atoms with E-state index in [-0.39, 0.29) is 12.5 Å². The van der Waals surface area contributed by atoms with Crippen LogP contribution < -0.4 is 16.0 Å². The fourth-order valence-electron chi connectivity index (χ4n) is 2.86. The molecule has 2 aromatic rings. The number of rotatable bonds is 9. The Morgan fingerprint density at radius 1 is 0.839 bits per heavy atom. The van der Waals surface area contributed by atoms with Gasteiger partial charge in [-0.05, 0) is 17.0 Å². The standard InChI is InChI=1S/C23H29N3O5/c1-16(2)20(21(27)30-3)26-22(28)24-19(14-17-10-6-4-7-11-17)25-23(29)31-15-18-12-8-5-9-13-18/h4-13,16,19-20H,14-15H2,1-3H3,(H,25,29)(H2,24,26,28)/t19-,20-/m0/s1. The zero-order chi connectivity index (χ0) is 22.6. The number of nitrogens with one attached hydrogen (secondary N) is 3. The molecule has 0 aromatic heterocycles. The first-order valence-corrected chi connectivity index (χ1v) is 10.0. The number of benzene rings is 2. The number of esters is 1. The Morgan fingerprint density at radius 2 is 1.42 bits per heavy atom. The van der Waals surface area contributed by atoms with Gasteiger partial charge in [0.15, 0.2) is 0 Å². The van der Waals surface area contributed by atoms with Gasteiger partial charge in [0, 0.05) is 6.42 Å². The average molecular weight is 428 g/mol. The summed E-state index contributed by atoms with van der Waals surface area (Å²) < 4.78 is 10.00. The minimum absolute atomic E-state index is 0.106. The van der Waals surface area contributed by atoms with Crippen LogP contribution in [0, 0.1) is 5.92 Å². The van der Waals surface area contributed by atoms with Gasteiger partial charge in [0.25, 0.3) is 0 Å². The molecule has 3 N–H and O–H groups in total. The number of amides is 3. The Bertz CT molecular complexity index is 843. The number of hydrogen-bond acceptors (Lipinski definition) is 5. The second-order valence-electron chi connectivity index (χ2n) is 7.31. The highest BCUT2D eigenvalue weighted by atomic mass is 16.5. The van der Waals surface area contributed by atoms with Crippen molar-refractivity contribution in [3.8, 4) is 0 Å². The molecule has 8 nitrogen and oxygen atoms in total. The van der Waals surface area contributed by atoms with Crippen LogP contribution in [0.1, 0.15) is 25.0 Å². The molecule has 2 aromatic carbocycles. The Balaban J connectivity index is 2.00.